The minimum atomic E-state index is -0.0179. The van der Waals surface area contributed by atoms with Gasteiger partial charge in [-0.3, -0.25) is 0 Å². The first kappa shape index (κ1) is 11.9. The lowest BCUT2D eigenvalue weighted by molar-refractivity contribution is 0.0670. The number of halogens is 1. The van der Waals surface area contributed by atoms with Gasteiger partial charge in [0.25, 0.3) is 0 Å². The summed E-state index contributed by atoms with van der Waals surface area (Å²) in [5, 5.41) is 3.82. The minimum Gasteiger partial charge on any atom is -0.306 e. The SMILES string of the molecule is Fc1cccc2c1CCC2NC1CN2CCC1CC2. The molecule has 3 saturated heterocycles. The first-order chi connectivity index (χ1) is 9.31. The minimum absolute atomic E-state index is 0.0179. The van der Waals surface area contributed by atoms with Crippen LogP contribution in [-0.2, 0) is 6.42 Å². The lowest BCUT2D eigenvalue weighted by Crippen LogP contribution is -2.56. The fourth-order valence-corrected chi connectivity index (χ4v) is 4.20. The number of piperidine rings is 3. The summed E-state index contributed by atoms with van der Waals surface area (Å²) >= 11 is 0. The van der Waals surface area contributed by atoms with Gasteiger partial charge < -0.3 is 10.2 Å². The molecule has 102 valence electrons. The molecule has 1 aromatic rings. The maximum atomic E-state index is 13.8. The molecule has 19 heavy (non-hydrogen) atoms. The lowest BCUT2D eigenvalue weighted by atomic mass is 9.83. The average molecular weight is 260 g/mol. The Morgan fingerprint density at radius 2 is 2.00 bits per heavy atom. The van der Waals surface area contributed by atoms with Crippen molar-refractivity contribution in [1.29, 1.82) is 0 Å². The molecule has 1 aromatic carbocycles. The molecule has 3 heteroatoms. The van der Waals surface area contributed by atoms with Crippen molar-refractivity contribution in [3.63, 3.8) is 0 Å². The van der Waals surface area contributed by atoms with Crippen LogP contribution in [0.4, 0.5) is 4.39 Å². The highest BCUT2D eigenvalue weighted by Gasteiger charge is 2.36. The molecule has 5 rings (SSSR count). The van der Waals surface area contributed by atoms with Crippen molar-refractivity contribution in [1.82, 2.24) is 10.2 Å². The Morgan fingerprint density at radius 3 is 2.74 bits per heavy atom. The fourth-order valence-electron chi connectivity index (χ4n) is 4.20. The van der Waals surface area contributed by atoms with E-state index in [2.05, 4.69) is 16.3 Å². The zero-order valence-electron chi connectivity index (χ0n) is 11.2. The Balaban J connectivity index is 1.52. The van der Waals surface area contributed by atoms with Gasteiger partial charge in [-0.15, -0.1) is 0 Å². The van der Waals surface area contributed by atoms with Gasteiger partial charge in [-0.05, 0) is 61.9 Å². The molecule has 3 aliphatic heterocycles. The van der Waals surface area contributed by atoms with Crippen LogP contribution in [0.3, 0.4) is 0 Å². The van der Waals surface area contributed by atoms with E-state index >= 15 is 0 Å². The molecule has 2 nitrogen and oxygen atoms in total. The van der Waals surface area contributed by atoms with Gasteiger partial charge in [0.15, 0.2) is 0 Å². The highest BCUT2D eigenvalue weighted by Crippen LogP contribution is 2.35. The smallest absolute Gasteiger partial charge is 0.126 e. The molecule has 2 bridgehead atoms. The largest absolute Gasteiger partial charge is 0.306 e. The summed E-state index contributed by atoms with van der Waals surface area (Å²) in [6, 6.07) is 6.53. The molecular weight excluding hydrogens is 239 g/mol. The Labute approximate surface area is 114 Å². The summed E-state index contributed by atoms with van der Waals surface area (Å²) < 4.78 is 13.8. The van der Waals surface area contributed by atoms with Crippen molar-refractivity contribution in [2.75, 3.05) is 19.6 Å². The van der Waals surface area contributed by atoms with Crippen LogP contribution >= 0.6 is 0 Å². The number of fused-ring (bicyclic) bond motifs is 4. The summed E-state index contributed by atoms with van der Waals surface area (Å²) in [6.45, 7) is 3.74. The first-order valence-electron chi connectivity index (χ1n) is 7.57. The Bertz CT molecular complexity index is 480. The first-order valence-corrected chi connectivity index (χ1v) is 7.57. The van der Waals surface area contributed by atoms with Gasteiger partial charge in [0.2, 0.25) is 0 Å². The number of hydrogen-bond donors (Lipinski definition) is 1. The van der Waals surface area contributed by atoms with Gasteiger partial charge in [-0.2, -0.15) is 0 Å². The van der Waals surface area contributed by atoms with Crippen molar-refractivity contribution in [3.8, 4) is 0 Å². The maximum Gasteiger partial charge on any atom is 0.126 e. The van der Waals surface area contributed by atoms with Crippen LogP contribution in [-0.4, -0.2) is 30.6 Å². The third kappa shape index (κ3) is 2.00. The monoisotopic (exact) mass is 260 g/mol. The van der Waals surface area contributed by atoms with Crippen LogP contribution < -0.4 is 5.32 Å². The lowest BCUT2D eigenvalue weighted by Gasteiger charge is -2.46. The molecule has 0 saturated carbocycles. The highest BCUT2D eigenvalue weighted by molar-refractivity contribution is 5.35. The van der Waals surface area contributed by atoms with E-state index in [1.807, 2.05) is 6.07 Å². The van der Waals surface area contributed by atoms with Crippen molar-refractivity contribution in [2.24, 2.45) is 5.92 Å². The van der Waals surface area contributed by atoms with Crippen molar-refractivity contribution < 1.29 is 4.39 Å². The molecule has 2 atom stereocenters. The summed E-state index contributed by atoms with van der Waals surface area (Å²) in [5.41, 5.74) is 2.15. The number of rotatable bonds is 2. The molecule has 3 heterocycles. The van der Waals surface area contributed by atoms with E-state index in [9.17, 15) is 4.39 Å². The zero-order chi connectivity index (χ0) is 12.8. The summed E-state index contributed by atoms with van der Waals surface area (Å²) in [6.07, 6.45) is 4.61. The Morgan fingerprint density at radius 1 is 1.16 bits per heavy atom. The zero-order valence-corrected chi connectivity index (χ0v) is 11.2. The van der Waals surface area contributed by atoms with Gasteiger partial charge in [-0.1, -0.05) is 12.1 Å². The number of nitrogens with zero attached hydrogens (tertiary/aromatic N) is 1. The fraction of sp³-hybridized carbons (Fsp3) is 0.625. The van der Waals surface area contributed by atoms with Gasteiger partial charge in [0.05, 0.1) is 0 Å². The average Bonchev–Trinajstić information content (AvgIpc) is 2.85. The van der Waals surface area contributed by atoms with Crippen molar-refractivity contribution >= 4 is 0 Å². The second-order valence-electron chi connectivity index (χ2n) is 6.31. The van der Waals surface area contributed by atoms with E-state index in [4.69, 9.17) is 0 Å². The third-order valence-corrected chi connectivity index (χ3v) is 5.28. The Kier molecular flexibility index (Phi) is 2.85. The van der Waals surface area contributed by atoms with Crippen LogP contribution in [0.15, 0.2) is 18.2 Å². The van der Waals surface area contributed by atoms with E-state index in [1.165, 1.54) is 38.0 Å². The number of nitrogens with one attached hydrogen (secondary N) is 1. The Hall–Kier alpha value is -0.930. The number of hydrogen-bond acceptors (Lipinski definition) is 2. The summed E-state index contributed by atoms with van der Waals surface area (Å²) in [5.74, 6) is 0.818. The molecule has 0 amide bonds. The standard InChI is InChI=1S/C16H21FN2/c17-14-3-1-2-13-12(14)4-5-15(13)18-16-10-19-8-6-11(16)7-9-19/h1-3,11,15-16,18H,4-10H2. The molecule has 0 spiro atoms. The van der Waals surface area contributed by atoms with Crippen molar-refractivity contribution in [2.45, 2.75) is 37.8 Å². The summed E-state index contributed by atoms with van der Waals surface area (Å²) in [4.78, 5) is 2.57. The second kappa shape index (κ2) is 4.57. The predicted molar refractivity (Wildman–Crippen MR) is 73.5 cm³/mol. The molecule has 0 radical (unpaired) electrons. The van der Waals surface area contributed by atoms with Crippen molar-refractivity contribution in [3.05, 3.63) is 35.1 Å². The van der Waals surface area contributed by atoms with Gasteiger partial charge >= 0.3 is 0 Å². The van der Waals surface area contributed by atoms with Gasteiger partial charge in [0, 0.05) is 18.6 Å². The molecular formula is C16H21FN2. The highest BCUT2D eigenvalue weighted by atomic mass is 19.1. The quantitative estimate of drug-likeness (QED) is 0.879. The molecule has 1 N–H and O–H groups in total. The van der Waals surface area contributed by atoms with E-state index < -0.39 is 0 Å². The normalized spacial score (nSPS) is 36.5. The number of benzene rings is 1. The van der Waals surface area contributed by atoms with Crippen LogP contribution in [0.5, 0.6) is 0 Å². The van der Waals surface area contributed by atoms with Crippen LogP contribution in [0.25, 0.3) is 0 Å². The van der Waals surface area contributed by atoms with Gasteiger partial charge in [0.1, 0.15) is 5.82 Å². The maximum absolute atomic E-state index is 13.8. The van der Waals surface area contributed by atoms with Gasteiger partial charge in [-0.25, -0.2) is 4.39 Å². The molecule has 2 unspecified atom stereocenters. The van der Waals surface area contributed by atoms with Crippen LogP contribution in [0, 0.1) is 11.7 Å². The molecule has 3 fully saturated rings. The second-order valence-corrected chi connectivity index (χ2v) is 6.31. The molecule has 1 aliphatic carbocycles. The van der Waals surface area contributed by atoms with E-state index in [1.54, 1.807) is 6.07 Å². The van der Waals surface area contributed by atoms with E-state index in [0.29, 0.717) is 12.1 Å². The van der Waals surface area contributed by atoms with Crippen LogP contribution in [0.2, 0.25) is 0 Å². The summed E-state index contributed by atoms with van der Waals surface area (Å²) in [7, 11) is 0. The topological polar surface area (TPSA) is 15.3 Å². The third-order valence-electron chi connectivity index (χ3n) is 5.28. The predicted octanol–water partition coefficient (Wildman–Crippen LogP) is 2.50. The van der Waals surface area contributed by atoms with E-state index in [-0.39, 0.29) is 5.82 Å². The molecule has 4 aliphatic rings. The van der Waals surface area contributed by atoms with E-state index in [0.717, 1.165) is 24.3 Å². The molecule has 0 aromatic heterocycles. The van der Waals surface area contributed by atoms with Crippen LogP contribution in [0.1, 0.15) is 36.4 Å².